The monoisotopic (exact) mass is 440 g/mol. The number of rotatable bonds is 7. The quantitative estimate of drug-likeness (QED) is 0.451. The van der Waals surface area contributed by atoms with Gasteiger partial charge in [0, 0.05) is 13.1 Å². The summed E-state index contributed by atoms with van der Waals surface area (Å²) in [5, 5.41) is 3.56. The van der Waals surface area contributed by atoms with Gasteiger partial charge in [-0.15, -0.1) is 0 Å². The predicted octanol–water partition coefficient (Wildman–Crippen LogP) is 4.74. The number of carbonyl (C=O) groups excluding carboxylic acids is 1. The third-order valence-electron chi connectivity index (χ3n) is 5.80. The highest BCUT2D eigenvalue weighted by molar-refractivity contribution is 5.78. The summed E-state index contributed by atoms with van der Waals surface area (Å²) in [6.45, 7) is 5.16. The first-order valence-electron chi connectivity index (χ1n) is 11.2. The van der Waals surface area contributed by atoms with E-state index in [2.05, 4.69) is 5.32 Å². The van der Waals surface area contributed by atoms with Gasteiger partial charge in [0.25, 0.3) is 5.56 Å². The number of hydrogen-bond acceptors (Lipinski definition) is 3. The highest BCUT2D eigenvalue weighted by atomic mass is 16.2. The van der Waals surface area contributed by atoms with Gasteiger partial charge >= 0.3 is 6.03 Å². The van der Waals surface area contributed by atoms with Crippen LogP contribution in [0.1, 0.15) is 36.8 Å². The molecule has 1 unspecified atom stereocenters. The number of hydrogen-bond donors (Lipinski definition) is 1. The molecule has 168 valence electrons. The highest BCUT2D eigenvalue weighted by Gasteiger charge is 2.25. The number of para-hydroxylation sites is 1. The van der Waals surface area contributed by atoms with Gasteiger partial charge in [0.2, 0.25) is 0 Å². The van der Waals surface area contributed by atoms with E-state index >= 15 is 0 Å². The van der Waals surface area contributed by atoms with Crippen LogP contribution < -0.4 is 10.9 Å². The molecule has 0 aliphatic carbocycles. The minimum absolute atomic E-state index is 0.105. The third kappa shape index (κ3) is 4.95. The first kappa shape index (κ1) is 22.3. The Morgan fingerprint density at radius 1 is 0.939 bits per heavy atom. The van der Waals surface area contributed by atoms with Gasteiger partial charge in [-0.05, 0) is 37.1 Å². The number of fused-ring (bicyclic) bond motifs is 1. The van der Waals surface area contributed by atoms with Crippen molar-refractivity contribution in [1.29, 1.82) is 0 Å². The maximum Gasteiger partial charge on any atom is 0.318 e. The summed E-state index contributed by atoms with van der Waals surface area (Å²) in [5.41, 5.74) is 2.56. The van der Waals surface area contributed by atoms with Crippen LogP contribution in [-0.4, -0.2) is 27.0 Å². The Morgan fingerprint density at radius 3 is 2.21 bits per heavy atom. The molecule has 1 N–H and O–H groups in total. The van der Waals surface area contributed by atoms with Crippen molar-refractivity contribution in [2.45, 2.75) is 33.0 Å². The summed E-state index contributed by atoms with van der Waals surface area (Å²) in [7, 11) is 0. The maximum atomic E-state index is 13.5. The molecule has 0 aliphatic heterocycles. The molecule has 4 rings (SSSR count). The van der Waals surface area contributed by atoms with E-state index in [9.17, 15) is 9.59 Å². The molecule has 0 radical (unpaired) electrons. The molecule has 4 aromatic rings. The minimum Gasteiger partial charge on any atom is -0.334 e. The lowest BCUT2D eigenvalue weighted by Gasteiger charge is -2.29. The minimum atomic E-state index is -0.396. The lowest BCUT2D eigenvalue weighted by molar-refractivity contribution is 0.178. The van der Waals surface area contributed by atoms with Crippen molar-refractivity contribution >= 4 is 16.9 Å². The molecule has 1 aromatic heterocycles. The molecule has 0 spiro atoms. The molecule has 0 aliphatic rings. The van der Waals surface area contributed by atoms with E-state index in [0.29, 0.717) is 36.4 Å². The van der Waals surface area contributed by atoms with E-state index in [-0.39, 0.29) is 11.6 Å². The first-order chi connectivity index (χ1) is 16.1. The predicted molar refractivity (Wildman–Crippen MR) is 131 cm³/mol. The number of aromatic nitrogens is 2. The molecule has 6 heteroatoms. The number of nitrogens with one attached hydrogen (secondary N) is 1. The zero-order chi connectivity index (χ0) is 23.2. The van der Waals surface area contributed by atoms with Crippen LogP contribution in [0.2, 0.25) is 0 Å². The second-order valence-corrected chi connectivity index (χ2v) is 7.97. The molecule has 3 aromatic carbocycles. The Morgan fingerprint density at radius 2 is 1.55 bits per heavy atom. The molecule has 0 fully saturated rings. The molecule has 0 saturated heterocycles. The van der Waals surface area contributed by atoms with Crippen LogP contribution in [0.25, 0.3) is 10.9 Å². The second-order valence-electron chi connectivity index (χ2n) is 7.97. The van der Waals surface area contributed by atoms with Crippen LogP contribution >= 0.6 is 0 Å². The standard InChI is InChI=1S/C27H28N4O2/c1-3-30(27(33)28-18-21-12-6-4-7-13-21)20(2)25-29-24-17-11-10-16-23(24)26(32)31(25)19-22-14-8-5-9-15-22/h4-17,20H,3,18-19H2,1-2H3,(H,28,33). The van der Waals surface area contributed by atoms with Gasteiger partial charge < -0.3 is 10.2 Å². The molecule has 0 saturated carbocycles. The molecule has 6 nitrogen and oxygen atoms in total. The second kappa shape index (κ2) is 10.1. The summed E-state index contributed by atoms with van der Waals surface area (Å²) < 4.78 is 1.69. The van der Waals surface area contributed by atoms with Crippen LogP contribution in [0, 0.1) is 0 Å². The molecule has 2 amide bonds. The summed E-state index contributed by atoms with van der Waals surface area (Å²) in [6, 6.07) is 26.4. The molecule has 33 heavy (non-hydrogen) atoms. The fraction of sp³-hybridized carbons (Fsp3) is 0.222. The van der Waals surface area contributed by atoms with Crippen LogP contribution in [0.15, 0.2) is 89.7 Å². The van der Waals surface area contributed by atoms with Crippen molar-refractivity contribution < 1.29 is 4.79 Å². The Balaban J connectivity index is 1.69. The van der Waals surface area contributed by atoms with Crippen molar-refractivity contribution in [3.63, 3.8) is 0 Å². The number of nitrogens with zero attached hydrogens (tertiary/aromatic N) is 3. The smallest absolute Gasteiger partial charge is 0.318 e. The Kier molecular flexibility index (Phi) is 6.83. The zero-order valence-corrected chi connectivity index (χ0v) is 18.9. The average molecular weight is 441 g/mol. The van der Waals surface area contributed by atoms with Gasteiger partial charge in [-0.1, -0.05) is 72.8 Å². The average Bonchev–Trinajstić information content (AvgIpc) is 2.86. The number of urea groups is 1. The lowest BCUT2D eigenvalue weighted by atomic mass is 10.1. The maximum absolute atomic E-state index is 13.5. The third-order valence-corrected chi connectivity index (χ3v) is 5.80. The van der Waals surface area contributed by atoms with Gasteiger partial charge in [-0.2, -0.15) is 0 Å². The summed E-state index contributed by atoms with van der Waals surface area (Å²) >= 11 is 0. The first-order valence-corrected chi connectivity index (χ1v) is 11.2. The summed E-state index contributed by atoms with van der Waals surface area (Å²) in [5.74, 6) is 0.569. The highest BCUT2D eigenvalue weighted by Crippen LogP contribution is 2.21. The SMILES string of the molecule is CCN(C(=O)NCc1ccccc1)C(C)c1nc2ccccc2c(=O)n1Cc1ccccc1. The van der Waals surface area contributed by atoms with E-state index < -0.39 is 6.04 Å². The summed E-state index contributed by atoms with van der Waals surface area (Å²) in [6.07, 6.45) is 0. The largest absolute Gasteiger partial charge is 0.334 e. The molecular formula is C27H28N4O2. The normalized spacial score (nSPS) is 11.8. The molecule has 0 bridgehead atoms. The summed E-state index contributed by atoms with van der Waals surface area (Å²) in [4.78, 5) is 33.1. The van der Waals surface area contributed by atoms with E-state index in [4.69, 9.17) is 4.98 Å². The number of amides is 2. The Bertz CT molecular complexity index is 1290. The van der Waals surface area contributed by atoms with Crippen molar-refractivity contribution in [3.8, 4) is 0 Å². The van der Waals surface area contributed by atoms with Crippen molar-refractivity contribution in [2.24, 2.45) is 0 Å². The van der Waals surface area contributed by atoms with Crippen molar-refractivity contribution in [2.75, 3.05) is 6.54 Å². The van der Waals surface area contributed by atoms with E-state index in [1.807, 2.05) is 92.7 Å². The lowest BCUT2D eigenvalue weighted by Crippen LogP contribution is -2.43. The molecule has 1 heterocycles. The topological polar surface area (TPSA) is 67.2 Å². The van der Waals surface area contributed by atoms with Crippen molar-refractivity contribution in [3.05, 3.63) is 112 Å². The van der Waals surface area contributed by atoms with Crippen LogP contribution in [0.5, 0.6) is 0 Å². The van der Waals surface area contributed by atoms with E-state index in [1.54, 1.807) is 15.5 Å². The molecule has 1 atom stereocenters. The fourth-order valence-corrected chi connectivity index (χ4v) is 4.03. The van der Waals surface area contributed by atoms with E-state index in [1.165, 1.54) is 0 Å². The van der Waals surface area contributed by atoms with Gasteiger partial charge in [-0.25, -0.2) is 9.78 Å². The Hall–Kier alpha value is -3.93. The van der Waals surface area contributed by atoms with Crippen LogP contribution in [0.3, 0.4) is 0 Å². The van der Waals surface area contributed by atoms with Gasteiger partial charge in [0.05, 0.1) is 23.5 Å². The van der Waals surface area contributed by atoms with E-state index in [0.717, 1.165) is 11.1 Å². The van der Waals surface area contributed by atoms with Crippen LogP contribution in [-0.2, 0) is 13.1 Å². The fourth-order valence-electron chi connectivity index (χ4n) is 4.03. The van der Waals surface area contributed by atoms with Gasteiger partial charge in [-0.3, -0.25) is 9.36 Å². The van der Waals surface area contributed by atoms with Crippen LogP contribution in [0.4, 0.5) is 4.79 Å². The molecular weight excluding hydrogens is 412 g/mol. The van der Waals surface area contributed by atoms with Gasteiger partial charge in [0.15, 0.2) is 0 Å². The van der Waals surface area contributed by atoms with Gasteiger partial charge in [0.1, 0.15) is 5.82 Å². The number of carbonyl (C=O) groups is 1. The zero-order valence-electron chi connectivity index (χ0n) is 18.9. The number of benzene rings is 3. The Labute approximate surface area is 193 Å². The van der Waals surface area contributed by atoms with Crippen molar-refractivity contribution in [1.82, 2.24) is 19.8 Å².